The van der Waals surface area contributed by atoms with E-state index in [0.29, 0.717) is 12.1 Å². The molecule has 0 unspecified atom stereocenters. The number of aromatic nitrogens is 1. The molecule has 6 nitrogen and oxygen atoms in total. The molecule has 0 atom stereocenters. The van der Waals surface area contributed by atoms with Crippen molar-refractivity contribution in [2.24, 2.45) is 5.41 Å². The van der Waals surface area contributed by atoms with Gasteiger partial charge in [0.2, 0.25) is 10.0 Å². The summed E-state index contributed by atoms with van der Waals surface area (Å²) in [6.07, 6.45) is 0. The van der Waals surface area contributed by atoms with E-state index < -0.39 is 15.8 Å². The molecule has 2 N–H and O–H groups in total. The molecule has 0 aliphatic heterocycles. The zero-order valence-corrected chi connectivity index (χ0v) is 11.8. The lowest BCUT2D eigenvalue weighted by Crippen LogP contribution is -2.32. The number of rotatable bonds is 3. The highest BCUT2D eigenvalue weighted by atomic mass is 32.2. The minimum atomic E-state index is -3.60. The summed E-state index contributed by atoms with van der Waals surface area (Å²) in [7, 11) is -3.60. The molecule has 7 heteroatoms. The maximum atomic E-state index is 12.1. The fraction of sp³-hybridized carbons (Fsp3) is 0.417. The second-order valence-corrected chi connectivity index (χ2v) is 7.32. The molecular weight excluding hydrogens is 268 g/mol. The predicted molar refractivity (Wildman–Crippen MR) is 71.5 cm³/mol. The largest absolute Gasteiger partial charge is 0.417 e. The van der Waals surface area contributed by atoms with Crippen molar-refractivity contribution in [2.75, 3.05) is 6.54 Å². The number of oxazole rings is 1. The van der Waals surface area contributed by atoms with E-state index in [-0.39, 0.29) is 15.9 Å². The fourth-order valence-corrected chi connectivity index (χ4v) is 2.79. The number of nitrogens with one attached hydrogen (secondary N) is 2. The van der Waals surface area contributed by atoms with Crippen LogP contribution in [-0.4, -0.2) is 19.9 Å². The van der Waals surface area contributed by atoms with E-state index >= 15 is 0 Å². The summed E-state index contributed by atoms with van der Waals surface area (Å²) in [5.41, 5.74) is 0.543. The summed E-state index contributed by atoms with van der Waals surface area (Å²) in [5.74, 6) is -0.604. The Bertz CT molecular complexity index is 750. The highest BCUT2D eigenvalue weighted by Crippen LogP contribution is 2.18. The third-order valence-electron chi connectivity index (χ3n) is 2.50. The molecular formula is C12H16N2O4S. The first-order valence-electron chi connectivity index (χ1n) is 5.80. The molecule has 19 heavy (non-hydrogen) atoms. The second-order valence-electron chi connectivity index (χ2n) is 5.56. The number of hydrogen-bond acceptors (Lipinski definition) is 4. The predicted octanol–water partition coefficient (Wildman–Crippen LogP) is 1.45. The van der Waals surface area contributed by atoms with Gasteiger partial charge >= 0.3 is 5.76 Å². The standard InChI is InChI=1S/C12H16N2O4S/c1-12(2,3)7-13-19(16,17)8-4-5-9-10(6-8)18-11(15)14-9/h4-6,13H,7H2,1-3H3,(H,14,15). The van der Waals surface area contributed by atoms with Crippen molar-refractivity contribution in [1.82, 2.24) is 9.71 Å². The van der Waals surface area contributed by atoms with E-state index in [1.165, 1.54) is 18.2 Å². The van der Waals surface area contributed by atoms with E-state index in [0.717, 1.165) is 0 Å². The quantitative estimate of drug-likeness (QED) is 0.892. The molecule has 0 bridgehead atoms. The van der Waals surface area contributed by atoms with Crippen LogP contribution in [0.5, 0.6) is 0 Å². The average Bonchev–Trinajstić information content (AvgIpc) is 2.64. The molecule has 1 aromatic carbocycles. The lowest BCUT2D eigenvalue weighted by Gasteiger charge is -2.18. The van der Waals surface area contributed by atoms with Gasteiger partial charge in [-0.05, 0) is 17.5 Å². The van der Waals surface area contributed by atoms with Crippen LogP contribution in [0.3, 0.4) is 0 Å². The van der Waals surface area contributed by atoms with Gasteiger partial charge < -0.3 is 4.42 Å². The Labute approximate surface area is 110 Å². The number of aromatic amines is 1. The normalized spacial score (nSPS) is 13.0. The molecule has 1 aromatic heterocycles. The van der Waals surface area contributed by atoms with Crippen LogP contribution < -0.4 is 10.5 Å². The lowest BCUT2D eigenvalue weighted by atomic mass is 9.98. The van der Waals surface area contributed by atoms with Crippen LogP contribution >= 0.6 is 0 Å². The molecule has 0 spiro atoms. The van der Waals surface area contributed by atoms with Crippen molar-refractivity contribution < 1.29 is 12.8 Å². The Morgan fingerprint density at radius 3 is 2.63 bits per heavy atom. The first-order chi connectivity index (χ1) is 8.67. The van der Waals surface area contributed by atoms with Crippen molar-refractivity contribution in [3.8, 4) is 0 Å². The van der Waals surface area contributed by atoms with Crippen LogP contribution in [-0.2, 0) is 10.0 Å². The van der Waals surface area contributed by atoms with Gasteiger partial charge in [-0.15, -0.1) is 0 Å². The van der Waals surface area contributed by atoms with Crippen LogP contribution in [0, 0.1) is 5.41 Å². The average molecular weight is 284 g/mol. The number of hydrogen-bond donors (Lipinski definition) is 2. The van der Waals surface area contributed by atoms with Crippen molar-refractivity contribution in [1.29, 1.82) is 0 Å². The van der Waals surface area contributed by atoms with Gasteiger partial charge in [-0.25, -0.2) is 17.9 Å². The van der Waals surface area contributed by atoms with Crippen LogP contribution in [0.2, 0.25) is 0 Å². The lowest BCUT2D eigenvalue weighted by molar-refractivity contribution is 0.407. The van der Waals surface area contributed by atoms with Gasteiger partial charge in [-0.3, -0.25) is 4.98 Å². The third kappa shape index (κ3) is 3.24. The molecule has 0 fully saturated rings. The van der Waals surface area contributed by atoms with Gasteiger partial charge in [0.25, 0.3) is 0 Å². The molecule has 0 radical (unpaired) electrons. The smallest absolute Gasteiger partial charge is 0.408 e. The zero-order chi connectivity index (χ0) is 14.3. The molecule has 0 saturated heterocycles. The van der Waals surface area contributed by atoms with Crippen molar-refractivity contribution in [3.63, 3.8) is 0 Å². The van der Waals surface area contributed by atoms with Crippen LogP contribution in [0.25, 0.3) is 11.1 Å². The third-order valence-corrected chi connectivity index (χ3v) is 3.89. The van der Waals surface area contributed by atoms with Gasteiger partial charge in [0, 0.05) is 12.6 Å². The van der Waals surface area contributed by atoms with E-state index in [2.05, 4.69) is 9.71 Å². The minimum absolute atomic E-state index is 0.0759. The molecule has 0 aliphatic rings. The number of sulfonamides is 1. The second kappa shape index (κ2) is 4.50. The Kier molecular flexibility index (Phi) is 3.27. The Hall–Kier alpha value is -1.60. The molecule has 0 aliphatic carbocycles. The van der Waals surface area contributed by atoms with Gasteiger partial charge in [0.15, 0.2) is 5.58 Å². The van der Waals surface area contributed by atoms with Crippen molar-refractivity contribution in [3.05, 3.63) is 28.7 Å². The monoisotopic (exact) mass is 284 g/mol. The molecule has 104 valence electrons. The summed E-state index contributed by atoms with van der Waals surface area (Å²) in [5, 5.41) is 0. The minimum Gasteiger partial charge on any atom is -0.408 e. The van der Waals surface area contributed by atoms with Crippen molar-refractivity contribution in [2.45, 2.75) is 25.7 Å². The van der Waals surface area contributed by atoms with Crippen LogP contribution in [0.15, 0.2) is 32.3 Å². The Morgan fingerprint density at radius 1 is 1.32 bits per heavy atom. The highest BCUT2D eigenvalue weighted by molar-refractivity contribution is 7.89. The number of benzene rings is 1. The molecule has 0 saturated carbocycles. The first-order valence-corrected chi connectivity index (χ1v) is 7.28. The fourth-order valence-electron chi connectivity index (χ4n) is 1.49. The molecule has 0 amide bonds. The zero-order valence-electron chi connectivity index (χ0n) is 11.0. The maximum absolute atomic E-state index is 12.1. The summed E-state index contributed by atoms with van der Waals surface area (Å²) in [4.78, 5) is 13.6. The first kappa shape index (κ1) is 13.8. The van der Waals surface area contributed by atoms with Gasteiger partial charge in [-0.2, -0.15) is 0 Å². The molecule has 1 heterocycles. The Morgan fingerprint density at radius 2 is 2.00 bits per heavy atom. The van der Waals surface area contributed by atoms with Gasteiger partial charge in [0.05, 0.1) is 10.4 Å². The van der Waals surface area contributed by atoms with Crippen molar-refractivity contribution >= 4 is 21.1 Å². The molecule has 2 rings (SSSR count). The van der Waals surface area contributed by atoms with Crippen LogP contribution in [0.1, 0.15) is 20.8 Å². The van der Waals surface area contributed by atoms with E-state index in [4.69, 9.17) is 4.42 Å². The van der Waals surface area contributed by atoms with Crippen LogP contribution in [0.4, 0.5) is 0 Å². The van der Waals surface area contributed by atoms with E-state index in [1.54, 1.807) is 0 Å². The highest BCUT2D eigenvalue weighted by Gasteiger charge is 2.19. The summed E-state index contributed by atoms with van der Waals surface area (Å²) < 4.78 is 31.6. The summed E-state index contributed by atoms with van der Waals surface area (Å²) >= 11 is 0. The summed E-state index contributed by atoms with van der Waals surface area (Å²) in [6, 6.07) is 4.27. The maximum Gasteiger partial charge on any atom is 0.417 e. The number of fused-ring (bicyclic) bond motifs is 1. The van der Waals surface area contributed by atoms with Gasteiger partial charge in [0.1, 0.15) is 0 Å². The Balaban J connectivity index is 2.34. The SMILES string of the molecule is CC(C)(C)CNS(=O)(=O)c1ccc2[nH]c(=O)oc2c1. The number of H-pyrrole nitrogens is 1. The summed E-state index contributed by atoms with van der Waals surface area (Å²) in [6.45, 7) is 6.13. The topological polar surface area (TPSA) is 92.2 Å². The van der Waals surface area contributed by atoms with Gasteiger partial charge in [-0.1, -0.05) is 20.8 Å². The van der Waals surface area contributed by atoms with E-state index in [9.17, 15) is 13.2 Å². The molecule has 2 aromatic rings. The van der Waals surface area contributed by atoms with E-state index in [1.807, 2.05) is 20.8 Å².